The summed E-state index contributed by atoms with van der Waals surface area (Å²) in [6, 6.07) is 20.5. The van der Waals surface area contributed by atoms with Gasteiger partial charge >= 0.3 is 0 Å². The molecule has 3 aromatic carbocycles. The van der Waals surface area contributed by atoms with Gasteiger partial charge in [-0.1, -0.05) is 118 Å². The normalized spacial score (nSPS) is 26.0. The van der Waals surface area contributed by atoms with Crippen molar-refractivity contribution in [2.75, 3.05) is 22.9 Å². The van der Waals surface area contributed by atoms with Crippen LogP contribution < -0.4 is 9.80 Å². The zero-order valence-electron chi connectivity index (χ0n) is 32.6. The summed E-state index contributed by atoms with van der Waals surface area (Å²) < 4.78 is -0.427. The van der Waals surface area contributed by atoms with E-state index in [2.05, 4.69) is 112 Å². The van der Waals surface area contributed by atoms with Crippen molar-refractivity contribution in [3.8, 4) is 0 Å². The van der Waals surface area contributed by atoms with Crippen molar-refractivity contribution in [2.24, 2.45) is 0 Å². The molecule has 2 atom stereocenters. The second kappa shape index (κ2) is 16.8. The number of aryl methyl sites for hydroxylation is 6. The van der Waals surface area contributed by atoms with Gasteiger partial charge in [-0.05, 0) is 131 Å². The third kappa shape index (κ3) is 7.71. The van der Waals surface area contributed by atoms with Crippen LogP contribution in [0, 0.1) is 41.5 Å². The average Bonchev–Trinajstić information content (AvgIpc) is 3.52. The molecule has 7 rings (SSSR count). The molecule has 0 bridgehead atoms. The summed E-state index contributed by atoms with van der Waals surface area (Å²) in [6.45, 7) is 15.5. The quantitative estimate of drug-likeness (QED) is 0.133. The van der Waals surface area contributed by atoms with Gasteiger partial charge in [0.1, 0.15) is 11.0 Å². The predicted octanol–water partition coefficient (Wildman–Crippen LogP) is 13.5. The number of nitrogens with zero attached hydrogens (tertiary/aromatic N) is 2. The fraction of sp³-hybridized carbons (Fsp3) is 0.565. The molecule has 282 valence electrons. The maximum absolute atomic E-state index is 8.74. The van der Waals surface area contributed by atoms with E-state index in [0.717, 1.165) is 43.7 Å². The maximum Gasteiger partial charge on any atom is 0.125 e. The minimum absolute atomic E-state index is 0. The molecule has 0 aromatic heterocycles. The van der Waals surface area contributed by atoms with Crippen LogP contribution in [-0.4, -0.2) is 40.1 Å². The van der Waals surface area contributed by atoms with Crippen molar-refractivity contribution in [2.45, 2.75) is 152 Å². The van der Waals surface area contributed by atoms with Gasteiger partial charge in [0.15, 0.2) is 0 Å². The molecule has 1 saturated heterocycles. The first-order valence-corrected chi connectivity index (χ1v) is 22.4. The number of benzene rings is 3. The summed E-state index contributed by atoms with van der Waals surface area (Å²) in [6.07, 6.45) is 19.0. The number of halogens is 2. The summed E-state index contributed by atoms with van der Waals surface area (Å²) in [4.78, 5) is 4.74. The summed E-state index contributed by atoms with van der Waals surface area (Å²) >= 11 is 17.4. The number of alkyl halides is 2. The molecule has 3 aromatic rings. The van der Waals surface area contributed by atoms with E-state index in [1.54, 1.807) is 0 Å². The fourth-order valence-electron chi connectivity index (χ4n) is 11.1. The van der Waals surface area contributed by atoms with Crippen molar-refractivity contribution in [1.82, 2.24) is 0 Å². The first-order valence-electron chi connectivity index (χ1n) is 20.1. The molecule has 2 nitrogen and oxygen atoms in total. The molecule has 0 spiro atoms. The fourth-order valence-corrected chi connectivity index (χ4v) is 17.5. The summed E-state index contributed by atoms with van der Waals surface area (Å²) in [5.41, 5.74) is 14.7. The topological polar surface area (TPSA) is 6.48 Å². The van der Waals surface area contributed by atoms with E-state index in [-0.39, 0.29) is 25.6 Å². The molecule has 0 radical (unpaired) electrons. The molecule has 52 heavy (non-hydrogen) atoms. The molecule has 1 heterocycles. The number of anilines is 2. The average molecular weight is 845 g/mol. The summed E-state index contributed by atoms with van der Waals surface area (Å²) in [5.74, 6) is 0. The van der Waals surface area contributed by atoms with Crippen LogP contribution in [0.3, 0.4) is 0 Å². The van der Waals surface area contributed by atoms with Crippen LogP contribution in [-0.2, 0) is 19.5 Å². The van der Waals surface area contributed by atoms with Crippen LogP contribution in [0.4, 0.5) is 11.4 Å². The van der Waals surface area contributed by atoms with Crippen molar-refractivity contribution >= 4 is 48.6 Å². The molecular weight excluding hydrogens is 783 g/mol. The van der Waals surface area contributed by atoms with Crippen LogP contribution in [0.1, 0.15) is 122 Å². The first-order chi connectivity index (χ1) is 24.5. The Kier molecular flexibility index (Phi) is 13.0. The van der Waals surface area contributed by atoms with E-state index in [1.165, 1.54) is 120 Å². The minimum Gasteiger partial charge on any atom is -0.347 e. The van der Waals surface area contributed by atoms with Gasteiger partial charge in [-0.25, -0.2) is 0 Å². The largest absolute Gasteiger partial charge is 0.347 e. The molecule has 4 fully saturated rings. The van der Waals surface area contributed by atoms with E-state index in [0.29, 0.717) is 0 Å². The zero-order valence-corrected chi connectivity index (χ0v) is 36.7. The Morgan fingerprint density at radius 3 is 1.50 bits per heavy atom. The van der Waals surface area contributed by atoms with Crippen molar-refractivity contribution < 1.29 is 19.5 Å². The van der Waals surface area contributed by atoms with Crippen molar-refractivity contribution in [3.05, 3.63) is 99.1 Å². The number of rotatable bonds is 7. The van der Waals surface area contributed by atoms with Crippen LogP contribution in [0.5, 0.6) is 0 Å². The molecule has 0 amide bonds. The van der Waals surface area contributed by atoms with Gasteiger partial charge < -0.3 is 9.80 Å². The van der Waals surface area contributed by atoms with Crippen molar-refractivity contribution in [1.29, 1.82) is 0 Å². The van der Waals surface area contributed by atoms with E-state index >= 15 is 0 Å². The molecule has 2 unspecified atom stereocenters. The summed E-state index contributed by atoms with van der Waals surface area (Å²) in [5, 5.41) is 0. The molecule has 4 aliphatic rings. The molecule has 0 N–H and O–H groups in total. The van der Waals surface area contributed by atoms with Gasteiger partial charge in [0.2, 0.25) is 0 Å². The first kappa shape index (κ1) is 40.3. The molecule has 3 aliphatic carbocycles. The van der Waals surface area contributed by atoms with Crippen LogP contribution in [0.25, 0.3) is 6.08 Å². The number of hydrogen-bond donors (Lipinski definition) is 0. The third-order valence-corrected chi connectivity index (χ3v) is 18.2. The second-order valence-electron chi connectivity index (χ2n) is 16.7. The van der Waals surface area contributed by atoms with Gasteiger partial charge in [-0.15, -0.1) is 23.2 Å². The van der Waals surface area contributed by atoms with Crippen LogP contribution in [0.2, 0.25) is 0 Å². The SMILES string of the molecule is Cc1cc(C)c(N2CCN(c3c(C)cc(C)cc3C)C2C2(Cl)CCCC(Cl)(P(C3CCCCC3)C3CCCCC3)C2=Cc2ccccc2)c(C)c1.[Ru]. The number of hydrogen-bond acceptors (Lipinski definition) is 2. The Morgan fingerprint density at radius 2 is 1.06 bits per heavy atom. The Bertz CT molecular complexity index is 1600. The molecule has 1 aliphatic heterocycles. The van der Waals surface area contributed by atoms with Crippen molar-refractivity contribution in [3.63, 3.8) is 0 Å². The minimum atomic E-state index is -0.677. The van der Waals surface area contributed by atoms with Gasteiger partial charge in [0.05, 0.1) is 4.62 Å². The second-order valence-corrected chi connectivity index (χ2v) is 21.3. The van der Waals surface area contributed by atoms with Gasteiger partial charge in [0, 0.05) is 43.9 Å². The molecular formula is C46H61Cl2N2PRu. The smallest absolute Gasteiger partial charge is 0.125 e. The Hall–Kier alpha value is -1.37. The van der Waals surface area contributed by atoms with E-state index in [4.69, 9.17) is 23.2 Å². The standard InChI is InChI=1S/C46H61Cl2N2P.Ru/c1-32-27-34(3)42(35(4)28-32)49-25-26-50(43-36(5)29-33(2)30-37(43)6)44(49)45(47)23-16-24-46(48,41(45)31-38-17-10-7-11-18-38)51(39-19-12-8-13-20-39)40-21-14-9-15-22-40;/h7,10-11,17-18,27-31,39-40,44H,8-9,12-16,19-26H2,1-6H3;. The molecule has 6 heteroatoms. The predicted molar refractivity (Wildman–Crippen MR) is 226 cm³/mol. The van der Waals surface area contributed by atoms with Gasteiger partial charge in [0.25, 0.3) is 0 Å². The monoisotopic (exact) mass is 844 g/mol. The maximum atomic E-state index is 8.74. The van der Waals surface area contributed by atoms with Crippen LogP contribution >= 0.6 is 31.1 Å². The zero-order chi connectivity index (χ0) is 35.9. The van der Waals surface area contributed by atoms with E-state index in [9.17, 15) is 0 Å². The summed E-state index contributed by atoms with van der Waals surface area (Å²) in [7, 11) is -0.500. The van der Waals surface area contributed by atoms with Gasteiger partial charge in [-0.3, -0.25) is 0 Å². The Morgan fingerprint density at radius 1 is 0.615 bits per heavy atom. The van der Waals surface area contributed by atoms with E-state index in [1.807, 2.05) is 0 Å². The van der Waals surface area contributed by atoms with Crippen LogP contribution in [0.15, 0.2) is 60.2 Å². The Labute approximate surface area is 340 Å². The third-order valence-electron chi connectivity index (χ3n) is 12.8. The Balaban J connectivity index is 0.00000464. The molecule has 3 saturated carbocycles. The van der Waals surface area contributed by atoms with E-state index < -0.39 is 17.4 Å². The van der Waals surface area contributed by atoms with Gasteiger partial charge in [-0.2, -0.15) is 0 Å².